The molecule has 0 aromatic heterocycles. The molecule has 1 fully saturated rings. The van der Waals surface area contributed by atoms with Gasteiger partial charge in [-0.05, 0) is 16.9 Å². The first-order valence-corrected chi connectivity index (χ1v) is 4.10. The van der Waals surface area contributed by atoms with Gasteiger partial charge in [-0.3, -0.25) is 0 Å². The lowest BCUT2D eigenvalue weighted by atomic mass is 10.1. The van der Waals surface area contributed by atoms with E-state index in [-0.39, 0.29) is 9.76 Å². The van der Waals surface area contributed by atoms with Crippen molar-refractivity contribution in [3.8, 4) is 0 Å². The molecule has 1 saturated carbocycles. The van der Waals surface area contributed by atoms with Gasteiger partial charge in [0.05, 0.1) is 0 Å². The number of rotatable bonds is 1. The lowest BCUT2D eigenvalue weighted by molar-refractivity contribution is 0.526. The van der Waals surface area contributed by atoms with Crippen LogP contribution in [-0.4, -0.2) is 14.6 Å². The predicted octanol–water partition coefficient (Wildman–Crippen LogP) is 0.939. The SMILES string of the molecule is CC1(C)CC1(C)[SiH]O. The summed E-state index contributed by atoms with van der Waals surface area (Å²) in [5.41, 5.74) is 0.442. The highest BCUT2D eigenvalue weighted by Crippen LogP contribution is 2.68. The fourth-order valence-corrected chi connectivity index (χ4v) is 2.05. The summed E-state index contributed by atoms with van der Waals surface area (Å²) < 4.78 is 0. The Morgan fingerprint density at radius 3 is 1.75 bits per heavy atom. The summed E-state index contributed by atoms with van der Waals surface area (Å²) >= 11 is 0. The van der Waals surface area contributed by atoms with Crippen LogP contribution in [0.5, 0.6) is 0 Å². The minimum absolute atomic E-state index is 0.306. The molecule has 0 amide bonds. The van der Waals surface area contributed by atoms with Gasteiger partial charge >= 0.3 is 0 Å². The van der Waals surface area contributed by atoms with Gasteiger partial charge in [-0.1, -0.05) is 20.8 Å². The molecule has 0 aromatic carbocycles. The second kappa shape index (κ2) is 1.36. The van der Waals surface area contributed by atoms with Crippen LogP contribution in [0.25, 0.3) is 0 Å². The normalized spacial score (nSPS) is 42.0. The molecule has 8 heavy (non-hydrogen) atoms. The second-order valence-electron chi connectivity index (χ2n) is 3.61. The number of hydrogen-bond donors (Lipinski definition) is 1. The van der Waals surface area contributed by atoms with Gasteiger partial charge in [-0.25, -0.2) is 0 Å². The van der Waals surface area contributed by atoms with Crippen molar-refractivity contribution < 1.29 is 4.80 Å². The molecular weight excluding hydrogens is 116 g/mol. The summed E-state index contributed by atoms with van der Waals surface area (Å²) in [5.74, 6) is 0. The van der Waals surface area contributed by atoms with Crippen LogP contribution in [-0.2, 0) is 0 Å². The maximum Gasteiger partial charge on any atom is 0.194 e. The van der Waals surface area contributed by atoms with Crippen LogP contribution in [0.1, 0.15) is 27.2 Å². The van der Waals surface area contributed by atoms with E-state index in [1.807, 2.05) is 0 Å². The summed E-state index contributed by atoms with van der Waals surface area (Å²) in [5, 5.41) is 0.326. The quantitative estimate of drug-likeness (QED) is 0.522. The first kappa shape index (κ1) is 6.30. The number of hydrogen-bond acceptors (Lipinski definition) is 1. The lowest BCUT2D eigenvalue weighted by Gasteiger charge is -2.07. The van der Waals surface area contributed by atoms with E-state index in [1.165, 1.54) is 6.42 Å². The molecule has 1 nitrogen and oxygen atoms in total. The molecule has 1 atom stereocenters. The highest BCUT2D eigenvalue weighted by atomic mass is 28.2. The summed E-state index contributed by atoms with van der Waals surface area (Å²) in [6, 6.07) is 0. The zero-order valence-corrected chi connectivity index (χ0v) is 6.89. The highest BCUT2D eigenvalue weighted by Gasteiger charge is 2.57. The Morgan fingerprint density at radius 2 is 1.75 bits per heavy atom. The average Bonchev–Trinajstić information content (AvgIpc) is 2.10. The van der Waals surface area contributed by atoms with E-state index < -0.39 is 0 Å². The molecule has 0 saturated heterocycles. The van der Waals surface area contributed by atoms with E-state index in [1.54, 1.807) is 0 Å². The Balaban J connectivity index is 2.55. The third-order valence-corrected chi connectivity index (χ3v) is 4.07. The molecule has 1 aliphatic rings. The zero-order chi connectivity index (χ0) is 6.41. The van der Waals surface area contributed by atoms with Crippen LogP contribution in [0.2, 0.25) is 5.04 Å². The van der Waals surface area contributed by atoms with Gasteiger partial charge in [-0.15, -0.1) is 0 Å². The third-order valence-electron chi connectivity index (χ3n) is 2.52. The molecule has 1 radical (unpaired) electrons. The van der Waals surface area contributed by atoms with E-state index in [0.717, 1.165) is 0 Å². The summed E-state index contributed by atoms with van der Waals surface area (Å²) in [7, 11) is -0.306. The molecule has 0 spiro atoms. The molecule has 1 aliphatic carbocycles. The maximum absolute atomic E-state index is 8.88. The van der Waals surface area contributed by atoms with E-state index in [2.05, 4.69) is 20.8 Å². The smallest absolute Gasteiger partial charge is 0.194 e. The van der Waals surface area contributed by atoms with Crippen molar-refractivity contribution >= 4 is 9.76 Å². The van der Waals surface area contributed by atoms with Crippen molar-refractivity contribution in [2.45, 2.75) is 32.2 Å². The predicted molar refractivity (Wildman–Crippen MR) is 36.1 cm³/mol. The van der Waals surface area contributed by atoms with Crippen molar-refractivity contribution in [3.05, 3.63) is 0 Å². The van der Waals surface area contributed by atoms with Gasteiger partial charge in [0.15, 0.2) is 9.76 Å². The first-order chi connectivity index (χ1) is 3.52. The van der Waals surface area contributed by atoms with Crippen molar-refractivity contribution in [1.29, 1.82) is 0 Å². The van der Waals surface area contributed by atoms with E-state index in [9.17, 15) is 0 Å². The maximum atomic E-state index is 8.88. The lowest BCUT2D eigenvalue weighted by Crippen LogP contribution is -2.05. The van der Waals surface area contributed by atoms with Crippen molar-refractivity contribution in [2.75, 3.05) is 0 Å². The van der Waals surface area contributed by atoms with Crippen LogP contribution in [0.4, 0.5) is 0 Å². The Labute approximate surface area is 53.1 Å². The van der Waals surface area contributed by atoms with E-state index in [0.29, 0.717) is 10.5 Å². The molecule has 0 aliphatic heterocycles. The molecule has 0 bridgehead atoms. The zero-order valence-electron chi connectivity index (χ0n) is 5.73. The van der Waals surface area contributed by atoms with Crippen LogP contribution >= 0.6 is 0 Å². The Hall–Kier alpha value is 0.177. The monoisotopic (exact) mass is 129 g/mol. The van der Waals surface area contributed by atoms with Gasteiger partial charge in [-0.2, -0.15) is 0 Å². The van der Waals surface area contributed by atoms with Crippen molar-refractivity contribution in [2.24, 2.45) is 5.41 Å². The Kier molecular flexibility index (Phi) is 1.07. The summed E-state index contributed by atoms with van der Waals surface area (Å²) in [6.45, 7) is 6.61. The molecule has 2 heteroatoms. The van der Waals surface area contributed by atoms with E-state index >= 15 is 0 Å². The largest absolute Gasteiger partial charge is 0.434 e. The molecule has 1 N–H and O–H groups in total. The van der Waals surface area contributed by atoms with Gasteiger partial charge in [0, 0.05) is 0 Å². The first-order valence-electron chi connectivity index (χ1n) is 3.00. The van der Waals surface area contributed by atoms with Gasteiger partial charge in [0.2, 0.25) is 0 Å². The second-order valence-corrected chi connectivity index (χ2v) is 5.14. The molecular formula is C6H13OSi. The van der Waals surface area contributed by atoms with Crippen molar-refractivity contribution in [3.63, 3.8) is 0 Å². The molecule has 1 rings (SSSR count). The van der Waals surface area contributed by atoms with Crippen LogP contribution in [0, 0.1) is 5.41 Å². The van der Waals surface area contributed by atoms with E-state index in [4.69, 9.17) is 4.80 Å². The average molecular weight is 129 g/mol. The molecule has 0 aromatic rings. The summed E-state index contributed by atoms with van der Waals surface area (Å²) in [6.07, 6.45) is 1.21. The fraction of sp³-hybridized carbons (Fsp3) is 1.00. The highest BCUT2D eigenvalue weighted by molar-refractivity contribution is 6.32. The Bertz CT molecular complexity index is 111. The summed E-state index contributed by atoms with van der Waals surface area (Å²) in [4.78, 5) is 8.88. The molecule has 47 valence electrons. The van der Waals surface area contributed by atoms with Gasteiger partial charge < -0.3 is 4.80 Å². The fourth-order valence-electron chi connectivity index (χ4n) is 1.09. The minimum Gasteiger partial charge on any atom is -0.434 e. The van der Waals surface area contributed by atoms with Gasteiger partial charge in [0.25, 0.3) is 0 Å². The van der Waals surface area contributed by atoms with Crippen LogP contribution < -0.4 is 0 Å². The van der Waals surface area contributed by atoms with Crippen molar-refractivity contribution in [1.82, 2.24) is 0 Å². The topological polar surface area (TPSA) is 20.2 Å². The van der Waals surface area contributed by atoms with Gasteiger partial charge in [0.1, 0.15) is 0 Å². The molecule has 0 heterocycles. The Morgan fingerprint density at radius 1 is 1.38 bits per heavy atom. The molecule has 1 unspecified atom stereocenters. The van der Waals surface area contributed by atoms with Crippen LogP contribution in [0.3, 0.4) is 0 Å². The third kappa shape index (κ3) is 0.633. The van der Waals surface area contributed by atoms with Crippen LogP contribution in [0.15, 0.2) is 0 Å². The minimum atomic E-state index is -0.306. The standard InChI is InChI=1S/C6H13OSi/c1-5(2)4-6(5,3)8-7/h7-8H,4H2,1-3H3.